The van der Waals surface area contributed by atoms with Crippen LogP contribution in [0.2, 0.25) is 0 Å². The molecule has 1 aromatic rings. The van der Waals surface area contributed by atoms with Gasteiger partial charge in [0.2, 0.25) is 5.91 Å². The summed E-state index contributed by atoms with van der Waals surface area (Å²) in [6.45, 7) is 10.1. The van der Waals surface area contributed by atoms with Crippen molar-refractivity contribution in [3.63, 3.8) is 0 Å². The van der Waals surface area contributed by atoms with Crippen LogP contribution in [0.1, 0.15) is 45.1 Å². The van der Waals surface area contributed by atoms with Crippen molar-refractivity contribution < 1.29 is 4.79 Å². The Morgan fingerprint density at radius 1 is 1.18 bits per heavy atom. The van der Waals surface area contributed by atoms with E-state index in [-0.39, 0.29) is 5.92 Å². The first-order chi connectivity index (χ1) is 10.7. The second-order valence-corrected chi connectivity index (χ2v) is 6.40. The Bertz CT molecular complexity index is 478. The number of benzene rings is 1. The predicted molar refractivity (Wildman–Crippen MR) is 93.3 cm³/mol. The number of aryl methyl sites for hydroxylation is 1. The molecule has 1 aliphatic heterocycles. The Morgan fingerprint density at radius 3 is 2.50 bits per heavy atom. The Balaban J connectivity index is 1.89. The monoisotopic (exact) mass is 302 g/mol. The van der Waals surface area contributed by atoms with E-state index in [1.165, 1.54) is 17.7 Å². The number of nitrogens with zero attached hydrogens (tertiary/aromatic N) is 2. The van der Waals surface area contributed by atoms with Crippen LogP contribution in [0.3, 0.4) is 0 Å². The van der Waals surface area contributed by atoms with Crippen molar-refractivity contribution in [3.05, 3.63) is 29.8 Å². The predicted octanol–water partition coefficient (Wildman–Crippen LogP) is 3.86. The highest BCUT2D eigenvalue weighted by Crippen LogP contribution is 2.20. The molecule has 0 aliphatic carbocycles. The number of unbranched alkanes of at least 4 members (excludes halogenated alkanes) is 1. The van der Waals surface area contributed by atoms with Crippen LogP contribution in [0.25, 0.3) is 0 Å². The van der Waals surface area contributed by atoms with Crippen LogP contribution in [0.5, 0.6) is 0 Å². The van der Waals surface area contributed by atoms with E-state index in [0.29, 0.717) is 5.91 Å². The largest absolute Gasteiger partial charge is 0.368 e. The smallest absolute Gasteiger partial charge is 0.225 e. The fraction of sp³-hybridized carbons (Fsp3) is 0.632. The van der Waals surface area contributed by atoms with Crippen LogP contribution < -0.4 is 4.90 Å². The van der Waals surface area contributed by atoms with Crippen LogP contribution in [-0.4, -0.2) is 37.0 Å². The summed E-state index contributed by atoms with van der Waals surface area (Å²) in [5, 5.41) is 0. The lowest BCUT2D eigenvalue weighted by Crippen LogP contribution is -2.50. The molecule has 0 N–H and O–H groups in total. The van der Waals surface area contributed by atoms with Gasteiger partial charge in [0, 0.05) is 37.8 Å². The van der Waals surface area contributed by atoms with Gasteiger partial charge in [0.25, 0.3) is 0 Å². The summed E-state index contributed by atoms with van der Waals surface area (Å²) < 4.78 is 0. The number of piperazine rings is 1. The zero-order chi connectivity index (χ0) is 15.9. The highest BCUT2D eigenvalue weighted by molar-refractivity contribution is 5.79. The van der Waals surface area contributed by atoms with Crippen LogP contribution in [0, 0.1) is 12.8 Å². The summed E-state index contributed by atoms with van der Waals surface area (Å²) >= 11 is 0. The number of carbonyl (C=O) groups is 1. The van der Waals surface area contributed by atoms with Gasteiger partial charge in [0.15, 0.2) is 0 Å². The number of hydrogen-bond donors (Lipinski definition) is 0. The van der Waals surface area contributed by atoms with E-state index >= 15 is 0 Å². The number of amides is 1. The van der Waals surface area contributed by atoms with E-state index in [1.807, 2.05) is 0 Å². The molecular formula is C19H30N2O. The average molecular weight is 302 g/mol. The molecule has 2 rings (SSSR count). The summed E-state index contributed by atoms with van der Waals surface area (Å²) in [4.78, 5) is 17.1. The lowest BCUT2D eigenvalue weighted by atomic mass is 9.97. The quantitative estimate of drug-likeness (QED) is 0.796. The molecule has 22 heavy (non-hydrogen) atoms. The Hall–Kier alpha value is -1.51. The van der Waals surface area contributed by atoms with Crippen LogP contribution >= 0.6 is 0 Å². The van der Waals surface area contributed by atoms with Gasteiger partial charge in [-0.2, -0.15) is 0 Å². The maximum atomic E-state index is 12.6. The van der Waals surface area contributed by atoms with Gasteiger partial charge < -0.3 is 9.80 Å². The first-order valence-corrected chi connectivity index (χ1v) is 8.76. The van der Waals surface area contributed by atoms with E-state index in [4.69, 9.17) is 0 Å². The van der Waals surface area contributed by atoms with Crippen molar-refractivity contribution in [2.75, 3.05) is 31.1 Å². The molecule has 0 saturated carbocycles. The maximum absolute atomic E-state index is 12.6. The molecule has 1 saturated heterocycles. The van der Waals surface area contributed by atoms with Gasteiger partial charge in [0.05, 0.1) is 0 Å². The van der Waals surface area contributed by atoms with Crippen LogP contribution in [-0.2, 0) is 4.79 Å². The fourth-order valence-electron chi connectivity index (χ4n) is 3.22. The number of carbonyl (C=O) groups excluding carboxylic acids is 1. The molecule has 1 aromatic carbocycles. The van der Waals surface area contributed by atoms with Gasteiger partial charge in [-0.25, -0.2) is 0 Å². The van der Waals surface area contributed by atoms with E-state index in [9.17, 15) is 4.79 Å². The van der Waals surface area contributed by atoms with Gasteiger partial charge in [0.1, 0.15) is 0 Å². The molecule has 3 nitrogen and oxygen atoms in total. The zero-order valence-electron chi connectivity index (χ0n) is 14.3. The van der Waals surface area contributed by atoms with Crippen molar-refractivity contribution in [3.8, 4) is 0 Å². The van der Waals surface area contributed by atoms with Gasteiger partial charge in [-0.1, -0.05) is 38.8 Å². The number of anilines is 1. The van der Waals surface area contributed by atoms with Crippen molar-refractivity contribution >= 4 is 11.6 Å². The highest BCUT2D eigenvalue weighted by atomic mass is 16.2. The summed E-state index contributed by atoms with van der Waals surface area (Å²) in [7, 11) is 0. The summed E-state index contributed by atoms with van der Waals surface area (Å²) in [5.74, 6) is 0.602. The number of rotatable bonds is 6. The second kappa shape index (κ2) is 8.21. The summed E-state index contributed by atoms with van der Waals surface area (Å²) in [5.41, 5.74) is 2.58. The Morgan fingerprint density at radius 2 is 1.91 bits per heavy atom. The van der Waals surface area contributed by atoms with Gasteiger partial charge in [-0.05, 0) is 37.5 Å². The maximum Gasteiger partial charge on any atom is 0.225 e. The summed E-state index contributed by atoms with van der Waals surface area (Å²) in [6, 6.07) is 8.64. The SMILES string of the molecule is CCCCC(CC)C(=O)N1CCN(c2cccc(C)c2)CC1. The number of hydrogen-bond acceptors (Lipinski definition) is 2. The molecule has 0 spiro atoms. The van der Waals surface area contributed by atoms with Crippen molar-refractivity contribution in [1.29, 1.82) is 0 Å². The average Bonchev–Trinajstić information content (AvgIpc) is 2.55. The molecule has 122 valence electrons. The van der Waals surface area contributed by atoms with Crippen molar-refractivity contribution in [2.45, 2.75) is 46.5 Å². The molecule has 1 atom stereocenters. The third kappa shape index (κ3) is 4.25. The molecule has 0 aromatic heterocycles. The molecule has 1 unspecified atom stereocenters. The van der Waals surface area contributed by atoms with E-state index in [2.05, 4.69) is 54.8 Å². The Labute approximate surface area is 135 Å². The van der Waals surface area contributed by atoms with E-state index in [0.717, 1.165) is 45.4 Å². The van der Waals surface area contributed by atoms with Crippen LogP contribution in [0.15, 0.2) is 24.3 Å². The lowest BCUT2D eigenvalue weighted by Gasteiger charge is -2.37. The van der Waals surface area contributed by atoms with E-state index < -0.39 is 0 Å². The second-order valence-electron chi connectivity index (χ2n) is 6.40. The van der Waals surface area contributed by atoms with Gasteiger partial charge in [-0.15, -0.1) is 0 Å². The molecule has 1 fully saturated rings. The first kappa shape index (κ1) is 16.9. The molecule has 1 heterocycles. The molecule has 1 amide bonds. The van der Waals surface area contributed by atoms with Gasteiger partial charge in [-0.3, -0.25) is 4.79 Å². The molecule has 3 heteroatoms. The first-order valence-electron chi connectivity index (χ1n) is 8.76. The Kier molecular flexibility index (Phi) is 6.29. The fourth-order valence-corrected chi connectivity index (χ4v) is 3.22. The molecule has 0 radical (unpaired) electrons. The third-order valence-corrected chi connectivity index (χ3v) is 4.71. The highest BCUT2D eigenvalue weighted by Gasteiger charge is 2.26. The van der Waals surface area contributed by atoms with Crippen molar-refractivity contribution in [2.24, 2.45) is 5.92 Å². The molecule has 0 bridgehead atoms. The van der Waals surface area contributed by atoms with Crippen molar-refractivity contribution in [1.82, 2.24) is 4.90 Å². The minimum atomic E-state index is 0.227. The summed E-state index contributed by atoms with van der Waals surface area (Å²) in [6.07, 6.45) is 4.35. The standard InChI is InChI=1S/C19H30N2O/c1-4-6-9-17(5-2)19(22)21-13-11-20(12-14-21)18-10-7-8-16(3)15-18/h7-8,10,15,17H,4-6,9,11-14H2,1-3H3. The minimum absolute atomic E-state index is 0.227. The van der Waals surface area contributed by atoms with Crippen LogP contribution in [0.4, 0.5) is 5.69 Å². The topological polar surface area (TPSA) is 23.6 Å². The molecular weight excluding hydrogens is 272 g/mol. The third-order valence-electron chi connectivity index (χ3n) is 4.71. The lowest BCUT2D eigenvalue weighted by molar-refractivity contribution is -0.136. The van der Waals surface area contributed by atoms with E-state index in [1.54, 1.807) is 0 Å². The zero-order valence-corrected chi connectivity index (χ0v) is 14.3. The minimum Gasteiger partial charge on any atom is -0.368 e. The molecule has 1 aliphatic rings. The van der Waals surface area contributed by atoms with Gasteiger partial charge >= 0.3 is 0 Å². The normalized spacial score (nSPS) is 16.7.